The van der Waals surface area contributed by atoms with Crippen molar-refractivity contribution in [3.63, 3.8) is 0 Å². The first-order valence-corrected chi connectivity index (χ1v) is 5.80. The molecule has 0 heterocycles. The first-order chi connectivity index (χ1) is 6.95. The van der Waals surface area contributed by atoms with Gasteiger partial charge in [-0.1, -0.05) is 13.8 Å². The Kier molecular flexibility index (Phi) is 7.14. The number of hydrogen-bond acceptors (Lipinski definition) is 3. The molecule has 0 saturated carbocycles. The molecule has 0 rings (SSSR count). The van der Waals surface area contributed by atoms with Crippen LogP contribution in [-0.2, 0) is 9.47 Å². The normalized spacial score (nSPS) is 16.4. The predicted octanol–water partition coefficient (Wildman–Crippen LogP) is 2.37. The van der Waals surface area contributed by atoms with E-state index in [0.717, 1.165) is 12.8 Å². The minimum atomic E-state index is -0.430. The van der Waals surface area contributed by atoms with E-state index in [9.17, 15) is 5.11 Å². The smallest absolute Gasteiger partial charge is 0.0798 e. The van der Waals surface area contributed by atoms with Crippen LogP contribution in [0.2, 0.25) is 0 Å². The zero-order valence-corrected chi connectivity index (χ0v) is 10.7. The van der Waals surface area contributed by atoms with Gasteiger partial charge in [0.2, 0.25) is 0 Å². The fraction of sp³-hybridized carbons (Fsp3) is 1.00. The number of aliphatic hydroxyl groups is 1. The third-order valence-electron chi connectivity index (χ3n) is 2.84. The molecule has 0 aromatic rings. The van der Waals surface area contributed by atoms with Crippen molar-refractivity contribution < 1.29 is 14.6 Å². The topological polar surface area (TPSA) is 38.7 Å². The maximum atomic E-state index is 9.74. The second-order valence-corrected chi connectivity index (χ2v) is 4.58. The zero-order chi connectivity index (χ0) is 11.9. The van der Waals surface area contributed by atoms with Crippen LogP contribution in [0.5, 0.6) is 0 Å². The number of rotatable bonds is 8. The lowest BCUT2D eigenvalue weighted by molar-refractivity contribution is -0.0731. The first kappa shape index (κ1) is 14.9. The van der Waals surface area contributed by atoms with Gasteiger partial charge in [0.15, 0.2) is 0 Å². The van der Waals surface area contributed by atoms with Gasteiger partial charge < -0.3 is 14.6 Å². The lowest BCUT2D eigenvalue weighted by atomic mass is 10.1. The molecule has 0 aromatic heterocycles. The molecule has 0 aliphatic rings. The van der Waals surface area contributed by atoms with Gasteiger partial charge in [0.1, 0.15) is 0 Å². The summed E-state index contributed by atoms with van der Waals surface area (Å²) in [7, 11) is 1.68. The zero-order valence-electron chi connectivity index (χ0n) is 10.7. The highest BCUT2D eigenvalue weighted by Gasteiger charge is 2.19. The molecular weight excluding hydrogens is 192 g/mol. The molecule has 0 spiro atoms. The van der Waals surface area contributed by atoms with Crippen LogP contribution in [0.15, 0.2) is 0 Å². The Morgan fingerprint density at radius 1 is 1.27 bits per heavy atom. The van der Waals surface area contributed by atoms with Crippen molar-refractivity contribution in [2.75, 3.05) is 13.7 Å². The third kappa shape index (κ3) is 6.88. The van der Waals surface area contributed by atoms with Crippen LogP contribution in [0.25, 0.3) is 0 Å². The maximum absolute atomic E-state index is 9.74. The number of methoxy groups -OCH3 is 1. The maximum Gasteiger partial charge on any atom is 0.0798 e. The Morgan fingerprint density at radius 3 is 2.27 bits per heavy atom. The number of hydrogen-bond donors (Lipinski definition) is 1. The summed E-state index contributed by atoms with van der Waals surface area (Å²) in [6.07, 6.45) is 2.22. The van der Waals surface area contributed by atoms with Gasteiger partial charge >= 0.3 is 0 Å². The summed E-state index contributed by atoms with van der Waals surface area (Å²) < 4.78 is 10.8. The summed E-state index contributed by atoms with van der Waals surface area (Å²) >= 11 is 0. The molecule has 3 heteroatoms. The van der Waals surface area contributed by atoms with Crippen LogP contribution in [0.3, 0.4) is 0 Å². The Labute approximate surface area is 93.8 Å². The van der Waals surface area contributed by atoms with Crippen LogP contribution in [0.1, 0.15) is 47.0 Å². The summed E-state index contributed by atoms with van der Waals surface area (Å²) in [5.74, 6) is 0. The lowest BCUT2D eigenvalue weighted by Crippen LogP contribution is -2.30. The standard InChI is InChI=1S/C12H26O3/c1-6-11(14-5)8-10(13)9-15-12(3,4)7-2/h10-11,13H,6-9H2,1-5H3. The van der Waals surface area contributed by atoms with Crippen LogP contribution < -0.4 is 0 Å². The van der Waals surface area contributed by atoms with Crippen molar-refractivity contribution in [2.45, 2.75) is 64.8 Å². The van der Waals surface area contributed by atoms with Gasteiger partial charge in [-0.05, 0) is 26.7 Å². The fourth-order valence-electron chi connectivity index (χ4n) is 1.22. The first-order valence-electron chi connectivity index (χ1n) is 5.80. The van der Waals surface area contributed by atoms with Gasteiger partial charge in [0.05, 0.1) is 24.4 Å². The molecule has 0 saturated heterocycles. The predicted molar refractivity (Wildman–Crippen MR) is 62.0 cm³/mol. The summed E-state index contributed by atoms with van der Waals surface area (Å²) in [6.45, 7) is 8.59. The van der Waals surface area contributed by atoms with Gasteiger partial charge in [0, 0.05) is 13.5 Å². The molecule has 0 amide bonds. The monoisotopic (exact) mass is 218 g/mol. The summed E-state index contributed by atoms with van der Waals surface area (Å²) in [5.41, 5.74) is -0.143. The van der Waals surface area contributed by atoms with Crippen LogP contribution >= 0.6 is 0 Å². The third-order valence-corrected chi connectivity index (χ3v) is 2.84. The largest absolute Gasteiger partial charge is 0.391 e. The highest BCUT2D eigenvalue weighted by Crippen LogP contribution is 2.15. The molecule has 15 heavy (non-hydrogen) atoms. The van der Waals surface area contributed by atoms with Crippen molar-refractivity contribution in [3.8, 4) is 0 Å². The second-order valence-electron chi connectivity index (χ2n) is 4.58. The van der Waals surface area contributed by atoms with E-state index in [-0.39, 0.29) is 11.7 Å². The Balaban J connectivity index is 3.78. The lowest BCUT2D eigenvalue weighted by Gasteiger charge is -2.26. The molecule has 0 aliphatic carbocycles. The van der Waals surface area contributed by atoms with Crippen molar-refractivity contribution in [2.24, 2.45) is 0 Å². The van der Waals surface area contributed by atoms with E-state index in [1.807, 2.05) is 13.8 Å². The molecule has 0 aliphatic heterocycles. The summed E-state index contributed by atoms with van der Waals surface area (Å²) in [5, 5.41) is 9.74. The molecule has 2 unspecified atom stereocenters. The minimum Gasteiger partial charge on any atom is -0.391 e. The molecular formula is C12H26O3. The van der Waals surface area contributed by atoms with Gasteiger partial charge in [-0.25, -0.2) is 0 Å². The van der Waals surface area contributed by atoms with E-state index < -0.39 is 6.10 Å². The van der Waals surface area contributed by atoms with E-state index in [1.54, 1.807) is 7.11 Å². The molecule has 0 aromatic carbocycles. The highest BCUT2D eigenvalue weighted by atomic mass is 16.5. The van der Waals surface area contributed by atoms with E-state index in [2.05, 4.69) is 13.8 Å². The summed E-state index contributed by atoms with van der Waals surface area (Å²) in [6, 6.07) is 0. The SMILES string of the molecule is CCC(CC(O)COC(C)(C)CC)OC. The van der Waals surface area contributed by atoms with Gasteiger partial charge in [-0.2, -0.15) is 0 Å². The van der Waals surface area contributed by atoms with Crippen LogP contribution in [0.4, 0.5) is 0 Å². The van der Waals surface area contributed by atoms with E-state index >= 15 is 0 Å². The molecule has 2 atom stereocenters. The Hall–Kier alpha value is -0.120. The van der Waals surface area contributed by atoms with Gasteiger partial charge in [-0.3, -0.25) is 0 Å². The molecule has 0 fully saturated rings. The average Bonchev–Trinajstić information content (AvgIpc) is 2.23. The quantitative estimate of drug-likeness (QED) is 0.679. The van der Waals surface area contributed by atoms with E-state index in [4.69, 9.17) is 9.47 Å². The highest BCUT2D eigenvalue weighted by molar-refractivity contribution is 4.68. The van der Waals surface area contributed by atoms with E-state index in [0.29, 0.717) is 13.0 Å². The van der Waals surface area contributed by atoms with Crippen LogP contribution in [0, 0.1) is 0 Å². The average molecular weight is 218 g/mol. The number of ether oxygens (including phenoxy) is 2. The van der Waals surface area contributed by atoms with Crippen molar-refractivity contribution in [1.29, 1.82) is 0 Å². The minimum absolute atomic E-state index is 0.133. The Morgan fingerprint density at radius 2 is 1.87 bits per heavy atom. The fourth-order valence-corrected chi connectivity index (χ4v) is 1.22. The van der Waals surface area contributed by atoms with E-state index in [1.165, 1.54) is 0 Å². The molecule has 0 bridgehead atoms. The number of aliphatic hydroxyl groups excluding tert-OH is 1. The van der Waals surface area contributed by atoms with Crippen molar-refractivity contribution in [1.82, 2.24) is 0 Å². The molecule has 92 valence electrons. The summed E-state index contributed by atoms with van der Waals surface area (Å²) in [4.78, 5) is 0. The van der Waals surface area contributed by atoms with Crippen molar-refractivity contribution >= 4 is 0 Å². The van der Waals surface area contributed by atoms with Gasteiger partial charge in [-0.15, -0.1) is 0 Å². The van der Waals surface area contributed by atoms with Crippen molar-refractivity contribution in [3.05, 3.63) is 0 Å². The molecule has 3 nitrogen and oxygen atoms in total. The second kappa shape index (κ2) is 7.20. The van der Waals surface area contributed by atoms with Crippen LogP contribution in [-0.4, -0.2) is 36.6 Å². The molecule has 1 N–H and O–H groups in total. The van der Waals surface area contributed by atoms with Gasteiger partial charge in [0.25, 0.3) is 0 Å². The molecule has 0 radical (unpaired) electrons. The Bertz CT molecular complexity index is 153.